The summed E-state index contributed by atoms with van der Waals surface area (Å²) in [5, 5.41) is 2.89. The number of anilines is 1. The summed E-state index contributed by atoms with van der Waals surface area (Å²) in [4.78, 5) is 16.9. The first-order valence-electron chi connectivity index (χ1n) is 8.92. The highest BCUT2D eigenvalue weighted by Gasteiger charge is 2.25. The lowest BCUT2D eigenvalue weighted by atomic mass is 10.0. The Morgan fingerprint density at radius 1 is 1.11 bits per heavy atom. The lowest BCUT2D eigenvalue weighted by Crippen LogP contribution is -2.13. The number of carbonyl (C=O) groups excluding carboxylic acids is 1. The lowest BCUT2D eigenvalue weighted by Gasteiger charge is -2.13. The van der Waals surface area contributed by atoms with Crippen LogP contribution in [-0.2, 0) is 6.42 Å². The van der Waals surface area contributed by atoms with E-state index in [0.717, 1.165) is 17.5 Å². The molecule has 4 rings (SSSR count). The first kappa shape index (κ1) is 17.9. The molecule has 1 atom stereocenters. The van der Waals surface area contributed by atoms with Gasteiger partial charge in [0.25, 0.3) is 5.91 Å². The van der Waals surface area contributed by atoms with Gasteiger partial charge in [0.2, 0.25) is 5.88 Å². The zero-order valence-corrected chi connectivity index (χ0v) is 15.6. The van der Waals surface area contributed by atoms with Gasteiger partial charge in [-0.25, -0.2) is 4.98 Å². The number of rotatable bonds is 5. The van der Waals surface area contributed by atoms with Gasteiger partial charge in [0.1, 0.15) is 17.6 Å². The molecule has 2 aromatic carbocycles. The minimum Gasteiger partial charge on any atom is -0.497 e. The standard InChI is InChI=1S/C22H20N2O4/c1-26-17-9-10-18(20(13-17)27-2)21(25)24-16-7-5-14(6-8-16)19-12-15-4-3-11-23-22(15)28-19/h3-11,13,19H,12H2,1-2H3,(H,24,25). The van der Waals surface area contributed by atoms with Crippen LogP contribution in [0.1, 0.15) is 27.6 Å². The van der Waals surface area contributed by atoms with Crippen molar-refractivity contribution in [3.63, 3.8) is 0 Å². The predicted octanol–water partition coefficient (Wildman–Crippen LogP) is 4.03. The predicted molar refractivity (Wildman–Crippen MR) is 105 cm³/mol. The van der Waals surface area contributed by atoms with Crippen molar-refractivity contribution >= 4 is 11.6 Å². The van der Waals surface area contributed by atoms with E-state index >= 15 is 0 Å². The second-order valence-electron chi connectivity index (χ2n) is 6.42. The average Bonchev–Trinajstić information content (AvgIpc) is 3.18. The van der Waals surface area contributed by atoms with Gasteiger partial charge in [-0.2, -0.15) is 0 Å². The minimum atomic E-state index is -0.249. The van der Waals surface area contributed by atoms with Gasteiger partial charge in [0, 0.05) is 29.9 Å². The number of hydrogen-bond acceptors (Lipinski definition) is 5. The second kappa shape index (κ2) is 7.60. The molecule has 1 N–H and O–H groups in total. The van der Waals surface area contributed by atoms with Crippen LogP contribution in [0.15, 0.2) is 60.8 Å². The van der Waals surface area contributed by atoms with Crippen molar-refractivity contribution in [2.75, 3.05) is 19.5 Å². The van der Waals surface area contributed by atoms with E-state index in [4.69, 9.17) is 14.2 Å². The molecule has 0 saturated carbocycles. The lowest BCUT2D eigenvalue weighted by molar-refractivity contribution is 0.102. The number of carbonyl (C=O) groups is 1. The summed E-state index contributed by atoms with van der Waals surface area (Å²) in [6.07, 6.45) is 2.46. The van der Waals surface area contributed by atoms with Crippen LogP contribution >= 0.6 is 0 Å². The molecule has 0 saturated heterocycles. The number of methoxy groups -OCH3 is 2. The van der Waals surface area contributed by atoms with Crippen LogP contribution in [0.2, 0.25) is 0 Å². The highest BCUT2D eigenvalue weighted by atomic mass is 16.5. The number of benzene rings is 2. The third kappa shape index (κ3) is 3.49. The molecule has 6 nitrogen and oxygen atoms in total. The van der Waals surface area contributed by atoms with Crippen LogP contribution in [0.5, 0.6) is 17.4 Å². The van der Waals surface area contributed by atoms with E-state index in [0.29, 0.717) is 28.6 Å². The number of aromatic nitrogens is 1. The first-order chi connectivity index (χ1) is 13.7. The van der Waals surface area contributed by atoms with Crippen LogP contribution in [0.3, 0.4) is 0 Å². The van der Waals surface area contributed by atoms with Gasteiger partial charge < -0.3 is 19.5 Å². The molecule has 1 unspecified atom stereocenters. The third-order valence-electron chi connectivity index (χ3n) is 4.70. The van der Waals surface area contributed by atoms with Crippen molar-refractivity contribution in [3.05, 3.63) is 77.5 Å². The summed E-state index contributed by atoms with van der Waals surface area (Å²) in [5.41, 5.74) is 3.28. The molecule has 0 bridgehead atoms. The Hall–Kier alpha value is -3.54. The number of nitrogens with one attached hydrogen (secondary N) is 1. The van der Waals surface area contributed by atoms with Crippen molar-refractivity contribution in [1.82, 2.24) is 4.98 Å². The normalized spacial score (nSPS) is 14.7. The fourth-order valence-electron chi connectivity index (χ4n) is 3.21. The van der Waals surface area contributed by atoms with Crippen molar-refractivity contribution in [2.24, 2.45) is 0 Å². The molecule has 6 heteroatoms. The number of nitrogens with zero attached hydrogens (tertiary/aromatic N) is 1. The van der Waals surface area contributed by atoms with Crippen LogP contribution in [0, 0.1) is 0 Å². The molecule has 0 radical (unpaired) electrons. The van der Waals surface area contributed by atoms with E-state index in [1.54, 1.807) is 31.5 Å². The third-order valence-corrected chi connectivity index (χ3v) is 4.70. The molecule has 0 spiro atoms. The van der Waals surface area contributed by atoms with Crippen molar-refractivity contribution < 1.29 is 19.0 Å². The largest absolute Gasteiger partial charge is 0.497 e. The Labute approximate surface area is 163 Å². The molecule has 28 heavy (non-hydrogen) atoms. The molecular formula is C22H20N2O4. The van der Waals surface area contributed by atoms with Gasteiger partial charge in [0.15, 0.2) is 0 Å². The molecule has 3 aromatic rings. The number of ether oxygens (including phenoxy) is 3. The quantitative estimate of drug-likeness (QED) is 0.728. The van der Waals surface area contributed by atoms with E-state index in [-0.39, 0.29) is 12.0 Å². The first-order valence-corrected chi connectivity index (χ1v) is 8.92. The summed E-state index contributed by atoms with van der Waals surface area (Å²) in [6, 6.07) is 16.7. The van der Waals surface area contributed by atoms with E-state index in [1.165, 1.54) is 7.11 Å². The average molecular weight is 376 g/mol. The van der Waals surface area contributed by atoms with Crippen LogP contribution < -0.4 is 19.5 Å². The highest BCUT2D eigenvalue weighted by molar-refractivity contribution is 6.06. The Balaban J connectivity index is 1.46. The van der Waals surface area contributed by atoms with Gasteiger partial charge in [0.05, 0.1) is 19.8 Å². The number of amides is 1. The molecule has 1 aliphatic rings. The van der Waals surface area contributed by atoms with Crippen LogP contribution in [0.4, 0.5) is 5.69 Å². The SMILES string of the molecule is COc1ccc(C(=O)Nc2ccc(C3Cc4cccnc4O3)cc2)c(OC)c1. The summed E-state index contributed by atoms with van der Waals surface area (Å²) >= 11 is 0. The molecule has 1 amide bonds. The number of hydrogen-bond donors (Lipinski definition) is 1. The molecule has 1 aliphatic heterocycles. The van der Waals surface area contributed by atoms with Gasteiger partial charge in [-0.1, -0.05) is 18.2 Å². The van der Waals surface area contributed by atoms with Crippen molar-refractivity contribution in [3.8, 4) is 17.4 Å². The van der Waals surface area contributed by atoms with Gasteiger partial charge in [-0.05, 0) is 35.9 Å². The topological polar surface area (TPSA) is 69.7 Å². The maximum atomic E-state index is 12.6. The Morgan fingerprint density at radius 2 is 1.93 bits per heavy atom. The molecule has 0 aliphatic carbocycles. The molecule has 0 fully saturated rings. The molecule has 1 aromatic heterocycles. The maximum absolute atomic E-state index is 12.6. The van der Waals surface area contributed by atoms with Gasteiger partial charge in [-0.3, -0.25) is 4.79 Å². The number of pyridine rings is 1. The summed E-state index contributed by atoms with van der Waals surface area (Å²) in [7, 11) is 3.09. The Kier molecular flexibility index (Phi) is 4.85. The second-order valence-corrected chi connectivity index (χ2v) is 6.42. The fourth-order valence-corrected chi connectivity index (χ4v) is 3.21. The van der Waals surface area contributed by atoms with Gasteiger partial charge in [-0.15, -0.1) is 0 Å². The highest BCUT2D eigenvalue weighted by Crippen LogP contribution is 2.35. The summed E-state index contributed by atoms with van der Waals surface area (Å²) in [5.74, 6) is 1.53. The zero-order valence-electron chi connectivity index (χ0n) is 15.6. The van der Waals surface area contributed by atoms with Crippen LogP contribution in [0.25, 0.3) is 0 Å². The smallest absolute Gasteiger partial charge is 0.259 e. The Bertz CT molecular complexity index is 977. The van der Waals surface area contributed by atoms with Crippen LogP contribution in [-0.4, -0.2) is 25.1 Å². The number of fused-ring (bicyclic) bond motifs is 1. The zero-order chi connectivity index (χ0) is 19.5. The minimum absolute atomic E-state index is 0.0590. The Morgan fingerprint density at radius 3 is 2.64 bits per heavy atom. The summed E-state index contributed by atoms with van der Waals surface area (Å²) in [6.45, 7) is 0. The molecular weight excluding hydrogens is 356 g/mol. The van der Waals surface area contributed by atoms with E-state index < -0.39 is 0 Å². The summed E-state index contributed by atoms with van der Waals surface area (Å²) < 4.78 is 16.4. The molecule has 2 heterocycles. The molecule has 142 valence electrons. The maximum Gasteiger partial charge on any atom is 0.259 e. The van der Waals surface area contributed by atoms with Crippen molar-refractivity contribution in [1.29, 1.82) is 0 Å². The van der Waals surface area contributed by atoms with E-state index in [9.17, 15) is 4.79 Å². The van der Waals surface area contributed by atoms with E-state index in [1.807, 2.05) is 36.4 Å². The van der Waals surface area contributed by atoms with E-state index in [2.05, 4.69) is 10.3 Å². The van der Waals surface area contributed by atoms with Gasteiger partial charge >= 0.3 is 0 Å². The van der Waals surface area contributed by atoms with Crippen molar-refractivity contribution in [2.45, 2.75) is 12.5 Å². The fraction of sp³-hybridized carbons (Fsp3) is 0.182. The monoisotopic (exact) mass is 376 g/mol.